The molecular formula is C17H11FN2O2. The third-order valence-electron chi connectivity index (χ3n) is 3.14. The van der Waals surface area contributed by atoms with Gasteiger partial charge >= 0.3 is 5.97 Å². The van der Waals surface area contributed by atoms with Crippen LogP contribution in [-0.2, 0) is 0 Å². The molecule has 0 aliphatic carbocycles. The van der Waals surface area contributed by atoms with Crippen LogP contribution in [0, 0.1) is 5.82 Å². The van der Waals surface area contributed by atoms with E-state index in [1.807, 2.05) is 0 Å². The number of rotatable bonds is 3. The maximum atomic E-state index is 13.3. The number of carboxylic acid groups (broad SMARTS) is 1. The van der Waals surface area contributed by atoms with Crippen molar-refractivity contribution in [3.8, 4) is 22.6 Å². The molecule has 0 aliphatic rings. The zero-order chi connectivity index (χ0) is 15.5. The van der Waals surface area contributed by atoms with Gasteiger partial charge in [0.1, 0.15) is 5.82 Å². The van der Waals surface area contributed by atoms with Gasteiger partial charge in [-0.25, -0.2) is 19.2 Å². The second-order valence-corrected chi connectivity index (χ2v) is 4.66. The van der Waals surface area contributed by atoms with E-state index in [-0.39, 0.29) is 11.4 Å². The summed E-state index contributed by atoms with van der Waals surface area (Å²) < 4.78 is 13.3. The first-order chi connectivity index (χ1) is 10.6. The Bertz CT molecular complexity index is 849. The number of aromatic carboxylic acids is 1. The minimum absolute atomic E-state index is 0.164. The lowest BCUT2D eigenvalue weighted by Crippen LogP contribution is -1.97. The fraction of sp³-hybridized carbons (Fsp3) is 0. The predicted molar refractivity (Wildman–Crippen MR) is 79.8 cm³/mol. The molecule has 0 spiro atoms. The monoisotopic (exact) mass is 294 g/mol. The van der Waals surface area contributed by atoms with Gasteiger partial charge in [-0.3, -0.25) is 0 Å². The van der Waals surface area contributed by atoms with Crippen LogP contribution in [0.25, 0.3) is 22.6 Å². The van der Waals surface area contributed by atoms with E-state index in [2.05, 4.69) is 9.97 Å². The number of nitrogens with zero attached hydrogens (tertiary/aromatic N) is 2. The number of hydrogen-bond donors (Lipinski definition) is 1. The molecule has 0 fully saturated rings. The smallest absolute Gasteiger partial charge is 0.335 e. The third kappa shape index (κ3) is 2.83. The average Bonchev–Trinajstić information content (AvgIpc) is 2.55. The van der Waals surface area contributed by atoms with E-state index in [4.69, 9.17) is 5.11 Å². The van der Waals surface area contributed by atoms with Crippen molar-refractivity contribution in [3.63, 3.8) is 0 Å². The molecule has 0 aliphatic heterocycles. The Hall–Kier alpha value is -3.08. The van der Waals surface area contributed by atoms with Crippen molar-refractivity contribution in [2.24, 2.45) is 0 Å². The van der Waals surface area contributed by atoms with Gasteiger partial charge in [-0.2, -0.15) is 0 Å². The highest BCUT2D eigenvalue weighted by molar-refractivity contribution is 5.89. The zero-order valence-electron chi connectivity index (χ0n) is 11.4. The molecular weight excluding hydrogens is 283 g/mol. The van der Waals surface area contributed by atoms with E-state index in [0.717, 1.165) is 0 Å². The highest BCUT2D eigenvalue weighted by Gasteiger charge is 2.08. The largest absolute Gasteiger partial charge is 0.478 e. The van der Waals surface area contributed by atoms with E-state index in [1.54, 1.807) is 36.5 Å². The first-order valence-corrected chi connectivity index (χ1v) is 6.56. The van der Waals surface area contributed by atoms with Gasteiger partial charge in [0.15, 0.2) is 5.82 Å². The Labute approximate surface area is 125 Å². The van der Waals surface area contributed by atoms with Gasteiger partial charge in [-0.1, -0.05) is 24.3 Å². The van der Waals surface area contributed by atoms with Crippen molar-refractivity contribution in [3.05, 3.63) is 72.2 Å². The van der Waals surface area contributed by atoms with Crippen LogP contribution in [0.2, 0.25) is 0 Å². The molecule has 0 saturated carbocycles. The lowest BCUT2D eigenvalue weighted by atomic mass is 10.1. The summed E-state index contributed by atoms with van der Waals surface area (Å²) in [7, 11) is 0. The van der Waals surface area contributed by atoms with E-state index in [9.17, 15) is 9.18 Å². The highest BCUT2D eigenvalue weighted by Crippen LogP contribution is 2.22. The molecule has 0 atom stereocenters. The third-order valence-corrected chi connectivity index (χ3v) is 3.14. The van der Waals surface area contributed by atoms with Gasteiger partial charge in [0, 0.05) is 17.3 Å². The van der Waals surface area contributed by atoms with Gasteiger partial charge in [0.2, 0.25) is 0 Å². The van der Waals surface area contributed by atoms with Crippen molar-refractivity contribution in [2.45, 2.75) is 0 Å². The fourth-order valence-corrected chi connectivity index (χ4v) is 2.10. The van der Waals surface area contributed by atoms with Crippen LogP contribution in [0.15, 0.2) is 60.8 Å². The Morgan fingerprint density at radius 3 is 2.55 bits per heavy atom. The molecule has 0 amide bonds. The average molecular weight is 294 g/mol. The normalized spacial score (nSPS) is 10.4. The lowest BCUT2D eigenvalue weighted by molar-refractivity contribution is 0.0697. The first kappa shape index (κ1) is 13.9. The highest BCUT2D eigenvalue weighted by atomic mass is 19.1. The molecule has 1 heterocycles. The lowest BCUT2D eigenvalue weighted by Gasteiger charge is -2.05. The fourth-order valence-electron chi connectivity index (χ4n) is 2.10. The Morgan fingerprint density at radius 2 is 1.77 bits per heavy atom. The van der Waals surface area contributed by atoms with Crippen molar-refractivity contribution in [1.29, 1.82) is 0 Å². The van der Waals surface area contributed by atoms with Gasteiger partial charge in [-0.05, 0) is 30.3 Å². The van der Waals surface area contributed by atoms with Crippen LogP contribution < -0.4 is 0 Å². The van der Waals surface area contributed by atoms with E-state index in [1.165, 1.54) is 24.3 Å². The predicted octanol–water partition coefficient (Wildman–Crippen LogP) is 3.65. The standard InChI is InChI=1S/C17H11FN2O2/c18-14-6-2-3-11(10-14)15-7-8-19-16(20-15)12-4-1-5-13(9-12)17(21)22/h1-10H,(H,21,22). The quantitative estimate of drug-likeness (QED) is 0.801. The van der Waals surface area contributed by atoms with E-state index >= 15 is 0 Å². The molecule has 5 heteroatoms. The van der Waals surface area contributed by atoms with Crippen molar-refractivity contribution < 1.29 is 14.3 Å². The van der Waals surface area contributed by atoms with Gasteiger partial charge in [-0.15, -0.1) is 0 Å². The topological polar surface area (TPSA) is 63.1 Å². The van der Waals surface area contributed by atoms with Crippen LogP contribution in [0.4, 0.5) is 4.39 Å². The minimum atomic E-state index is -1.01. The molecule has 1 aromatic heterocycles. The molecule has 22 heavy (non-hydrogen) atoms. The van der Waals surface area contributed by atoms with Gasteiger partial charge < -0.3 is 5.11 Å². The van der Waals surface area contributed by atoms with Crippen molar-refractivity contribution in [1.82, 2.24) is 9.97 Å². The molecule has 3 aromatic rings. The van der Waals surface area contributed by atoms with Crippen LogP contribution >= 0.6 is 0 Å². The summed E-state index contributed by atoms with van der Waals surface area (Å²) in [4.78, 5) is 19.6. The zero-order valence-corrected chi connectivity index (χ0v) is 11.4. The summed E-state index contributed by atoms with van der Waals surface area (Å²) in [6.07, 6.45) is 1.57. The van der Waals surface area contributed by atoms with Crippen molar-refractivity contribution >= 4 is 5.97 Å². The summed E-state index contributed by atoms with van der Waals surface area (Å²) in [6.45, 7) is 0. The summed E-state index contributed by atoms with van der Waals surface area (Å²) in [5, 5.41) is 9.04. The van der Waals surface area contributed by atoms with E-state index < -0.39 is 5.97 Å². The number of hydrogen-bond acceptors (Lipinski definition) is 3. The summed E-state index contributed by atoms with van der Waals surface area (Å²) >= 11 is 0. The molecule has 3 rings (SSSR count). The first-order valence-electron chi connectivity index (χ1n) is 6.56. The Morgan fingerprint density at radius 1 is 1.00 bits per heavy atom. The molecule has 108 valence electrons. The van der Waals surface area contributed by atoms with Crippen LogP contribution in [-0.4, -0.2) is 21.0 Å². The summed E-state index contributed by atoms with van der Waals surface area (Å²) in [5.74, 6) is -0.960. The van der Waals surface area contributed by atoms with Crippen molar-refractivity contribution in [2.75, 3.05) is 0 Å². The number of aromatic nitrogens is 2. The van der Waals surface area contributed by atoms with Crippen LogP contribution in [0.3, 0.4) is 0 Å². The second-order valence-electron chi connectivity index (χ2n) is 4.66. The Kier molecular flexibility index (Phi) is 3.62. The maximum Gasteiger partial charge on any atom is 0.335 e. The molecule has 0 radical (unpaired) electrons. The number of carbonyl (C=O) groups is 1. The van der Waals surface area contributed by atoms with E-state index in [0.29, 0.717) is 22.6 Å². The molecule has 4 nitrogen and oxygen atoms in total. The molecule has 0 unspecified atom stereocenters. The van der Waals surface area contributed by atoms with Crippen LogP contribution in [0.1, 0.15) is 10.4 Å². The SMILES string of the molecule is O=C(O)c1cccc(-c2nccc(-c3cccc(F)c3)n2)c1. The maximum absolute atomic E-state index is 13.3. The molecule has 0 saturated heterocycles. The Balaban J connectivity index is 2.05. The molecule has 0 bridgehead atoms. The number of carboxylic acids is 1. The second kappa shape index (κ2) is 5.73. The minimum Gasteiger partial charge on any atom is -0.478 e. The van der Waals surface area contributed by atoms with Crippen LogP contribution in [0.5, 0.6) is 0 Å². The summed E-state index contributed by atoms with van der Waals surface area (Å²) in [5.41, 5.74) is 1.97. The summed E-state index contributed by atoms with van der Waals surface area (Å²) in [6, 6.07) is 14.2. The molecule has 1 N–H and O–H groups in total. The van der Waals surface area contributed by atoms with Gasteiger partial charge in [0.05, 0.1) is 11.3 Å². The number of benzene rings is 2. The number of halogens is 1. The van der Waals surface area contributed by atoms with Gasteiger partial charge in [0.25, 0.3) is 0 Å². The molecule has 2 aromatic carbocycles.